The van der Waals surface area contributed by atoms with E-state index in [9.17, 15) is 0 Å². The molecule has 1 rings (SSSR count). The molecule has 0 aliphatic carbocycles. The van der Waals surface area contributed by atoms with Crippen LogP contribution in [0.1, 0.15) is 47.0 Å². The van der Waals surface area contributed by atoms with E-state index in [1.54, 1.807) is 0 Å². The van der Waals surface area contributed by atoms with E-state index in [4.69, 9.17) is 0 Å². The Kier molecular flexibility index (Phi) is 8.22. The third-order valence-electron chi connectivity index (χ3n) is 5.22. The fourth-order valence-corrected chi connectivity index (χ4v) is 3.66. The molecule has 0 radical (unpaired) electrons. The van der Waals surface area contributed by atoms with Crippen molar-refractivity contribution in [3.05, 3.63) is 0 Å². The van der Waals surface area contributed by atoms with Crippen LogP contribution < -0.4 is 5.32 Å². The van der Waals surface area contributed by atoms with E-state index in [0.29, 0.717) is 5.41 Å². The average Bonchev–Trinajstić information content (AvgIpc) is 2.82. The summed E-state index contributed by atoms with van der Waals surface area (Å²) < 4.78 is 0. The summed E-state index contributed by atoms with van der Waals surface area (Å²) in [5.41, 5.74) is 0.439. The Morgan fingerprint density at radius 3 is 2.43 bits per heavy atom. The lowest BCUT2D eigenvalue weighted by Crippen LogP contribution is -2.44. The first-order chi connectivity index (χ1) is 9.90. The zero-order valence-electron chi connectivity index (χ0n) is 15.4. The highest BCUT2D eigenvalue weighted by Crippen LogP contribution is 2.27. The molecule has 1 aliphatic heterocycles. The molecule has 1 heterocycles. The lowest BCUT2D eigenvalue weighted by molar-refractivity contribution is 0.141. The maximum absolute atomic E-state index is 3.70. The molecule has 21 heavy (non-hydrogen) atoms. The largest absolute Gasteiger partial charge is 0.316 e. The van der Waals surface area contributed by atoms with Gasteiger partial charge in [-0.25, -0.2) is 0 Å². The van der Waals surface area contributed by atoms with Crippen LogP contribution in [0, 0.1) is 17.3 Å². The van der Waals surface area contributed by atoms with Gasteiger partial charge in [0.15, 0.2) is 0 Å². The predicted octanol–water partition coefficient (Wildman–Crippen LogP) is 2.92. The molecular weight excluding hydrogens is 258 g/mol. The van der Waals surface area contributed by atoms with Crippen LogP contribution in [0.2, 0.25) is 0 Å². The lowest BCUT2D eigenvalue weighted by Gasteiger charge is -2.37. The van der Waals surface area contributed by atoms with Crippen LogP contribution in [0.3, 0.4) is 0 Å². The minimum absolute atomic E-state index is 0.439. The van der Waals surface area contributed by atoms with Gasteiger partial charge in [-0.1, -0.05) is 27.7 Å². The Labute approximate surface area is 133 Å². The third kappa shape index (κ3) is 6.66. The summed E-state index contributed by atoms with van der Waals surface area (Å²) in [5, 5.41) is 3.70. The van der Waals surface area contributed by atoms with Crippen LogP contribution in [0.15, 0.2) is 0 Å². The van der Waals surface area contributed by atoms with Crippen molar-refractivity contribution in [1.29, 1.82) is 0 Å². The molecule has 1 fully saturated rings. The van der Waals surface area contributed by atoms with E-state index in [2.05, 4.69) is 56.9 Å². The van der Waals surface area contributed by atoms with Gasteiger partial charge in [0.05, 0.1) is 0 Å². The summed E-state index contributed by atoms with van der Waals surface area (Å²) in [6.07, 6.45) is 3.91. The van der Waals surface area contributed by atoms with Crippen LogP contribution in [0.5, 0.6) is 0 Å². The highest BCUT2D eigenvalue weighted by atomic mass is 15.2. The van der Waals surface area contributed by atoms with Crippen molar-refractivity contribution in [3.63, 3.8) is 0 Å². The van der Waals surface area contributed by atoms with Gasteiger partial charge in [0.2, 0.25) is 0 Å². The van der Waals surface area contributed by atoms with Crippen LogP contribution in [0.4, 0.5) is 0 Å². The molecule has 1 N–H and O–H groups in total. The lowest BCUT2D eigenvalue weighted by atomic mass is 9.81. The van der Waals surface area contributed by atoms with Gasteiger partial charge in [-0.3, -0.25) is 0 Å². The topological polar surface area (TPSA) is 18.5 Å². The Morgan fingerprint density at radius 1 is 1.29 bits per heavy atom. The normalized spacial score (nSPS) is 20.9. The molecule has 0 spiro atoms. The van der Waals surface area contributed by atoms with Crippen LogP contribution in [-0.4, -0.2) is 63.2 Å². The molecule has 3 heteroatoms. The maximum atomic E-state index is 3.70. The summed E-state index contributed by atoms with van der Waals surface area (Å²) in [5.74, 6) is 1.61. The first-order valence-corrected chi connectivity index (χ1v) is 8.98. The highest BCUT2D eigenvalue weighted by Gasteiger charge is 2.29. The predicted molar refractivity (Wildman–Crippen MR) is 93.8 cm³/mol. The van der Waals surface area contributed by atoms with Crippen LogP contribution >= 0.6 is 0 Å². The number of nitrogens with one attached hydrogen (secondary N) is 1. The Bertz CT molecular complexity index is 274. The summed E-state index contributed by atoms with van der Waals surface area (Å²) in [6.45, 7) is 16.6. The van der Waals surface area contributed by atoms with E-state index in [1.807, 2.05) is 0 Å². The van der Waals surface area contributed by atoms with Gasteiger partial charge in [0, 0.05) is 26.2 Å². The van der Waals surface area contributed by atoms with Crippen molar-refractivity contribution in [1.82, 2.24) is 15.1 Å². The standard InChI is InChI=1S/C18H39N3/c1-7-18(8-2,14-19-11-16(3)4)15-21(6)13-17-9-10-20(5)12-17/h16-17,19H,7-15H2,1-6H3. The fourth-order valence-electron chi connectivity index (χ4n) is 3.66. The van der Waals surface area contributed by atoms with Gasteiger partial charge in [0.25, 0.3) is 0 Å². The third-order valence-corrected chi connectivity index (χ3v) is 5.22. The van der Waals surface area contributed by atoms with E-state index < -0.39 is 0 Å². The molecule has 1 unspecified atom stereocenters. The van der Waals surface area contributed by atoms with Crippen LogP contribution in [-0.2, 0) is 0 Å². The number of likely N-dealkylation sites (tertiary alicyclic amines) is 1. The summed E-state index contributed by atoms with van der Waals surface area (Å²) in [6, 6.07) is 0. The van der Waals surface area contributed by atoms with Crippen molar-refractivity contribution in [2.24, 2.45) is 17.3 Å². The number of hydrogen-bond acceptors (Lipinski definition) is 3. The van der Waals surface area contributed by atoms with Gasteiger partial charge in [-0.15, -0.1) is 0 Å². The molecule has 0 aromatic heterocycles. The van der Waals surface area contributed by atoms with Gasteiger partial charge in [-0.2, -0.15) is 0 Å². The Balaban J connectivity index is 2.43. The second-order valence-electron chi connectivity index (χ2n) is 7.85. The van der Waals surface area contributed by atoms with Gasteiger partial charge >= 0.3 is 0 Å². The van der Waals surface area contributed by atoms with Gasteiger partial charge < -0.3 is 15.1 Å². The molecule has 1 saturated heterocycles. The van der Waals surface area contributed by atoms with Crippen molar-refractivity contribution < 1.29 is 0 Å². The van der Waals surface area contributed by atoms with Crippen molar-refractivity contribution in [2.75, 3.05) is 53.4 Å². The van der Waals surface area contributed by atoms with Crippen molar-refractivity contribution in [2.45, 2.75) is 47.0 Å². The molecule has 126 valence electrons. The molecule has 1 atom stereocenters. The number of nitrogens with zero attached hydrogens (tertiary/aromatic N) is 2. The molecule has 0 saturated carbocycles. The summed E-state index contributed by atoms with van der Waals surface area (Å²) >= 11 is 0. The molecular formula is C18H39N3. The van der Waals surface area contributed by atoms with E-state index in [1.165, 1.54) is 45.4 Å². The quantitative estimate of drug-likeness (QED) is 0.669. The molecule has 1 aliphatic rings. The summed E-state index contributed by atoms with van der Waals surface area (Å²) in [7, 11) is 4.57. The van der Waals surface area contributed by atoms with Gasteiger partial charge in [-0.05, 0) is 63.7 Å². The smallest absolute Gasteiger partial charge is 0.00470 e. The Hall–Kier alpha value is -0.120. The zero-order valence-corrected chi connectivity index (χ0v) is 15.4. The van der Waals surface area contributed by atoms with Crippen molar-refractivity contribution >= 4 is 0 Å². The number of hydrogen-bond donors (Lipinski definition) is 1. The summed E-state index contributed by atoms with van der Waals surface area (Å²) in [4.78, 5) is 5.06. The van der Waals surface area contributed by atoms with E-state index in [0.717, 1.165) is 24.9 Å². The monoisotopic (exact) mass is 297 g/mol. The average molecular weight is 298 g/mol. The molecule has 3 nitrogen and oxygen atoms in total. The van der Waals surface area contributed by atoms with Crippen LogP contribution in [0.25, 0.3) is 0 Å². The highest BCUT2D eigenvalue weighted by molar-refractivity contribution is 4.84. The second kappa shape index (κ2) is 9.12. The minimum Gasteiger partial charge on any atom is -0.316 e. The minimum atomic E-state index is 0.439. The molecule has 0 aromatic rings. The second-order valence-corrected chi connectivity index (χ2v) is 7.85. The SMILES string of the molecule is CCC(CC)(CNCC(C)C)CN(C)CC1CCN(C)C1. The maximum Gasteiger partial charge on any atom is 0.00470 e. The molecule has 0 aromatic carbocycles. The first-order valence-electron chi connectivity index (χ1n) is 8.98. The number of rotatable bonds is 10. The Morgan fingerprint density at radius 2 is 1.95 bits per heavy atom. The first kappa shape index (κ1) is 18.9. The fraction of sp³-hybridized carbons (Fsp3) is 1.00. The van der Waals surface area contributed by atoms with Crippen molar-refractivity contribution in [3.8, 4) is 0 Å². The zero-order chi connectivity index (χ0) is 15.9. The van der Waals surface area contributed by atoms with E-state index >= 15 is 0 Å². The molecule has 0 amide bonds. The van der Waals surface area contributed by atoms with Gasteiger partial charge in [0.1, 0.15) is 0 Å². The van der Waals surface area contributed by atoms with E-state index in [-0.39, 0.29) is 0 Å². The molecule has 0 bridgehead atoms.